The Kier molecular flexibility index (Phi) is 4.62. The number of rotatable bonds is 2. The van der Waals surface area contributed by atoms with E-state index in [1.807, 2.05) is 58.6 Å². The van der Waals surface area contributed by atoms with Gasteiger partial charge in [0, 0.05) is 10.8 Å². The van der Waals surface area contributed by atoms with E-state index in [1.54, 1.807) is 13.0 Å². The number of thioether (sulfide) groups is 1. The first-order chi connectivity index (χ1) is 12.7. The second-order valence-corrected chi connectivity index (χ2v) is 9.34. The number of anilines is 2. The zero-order valence-electron chi connectivity index (χ0n) is 14.7. The topological polar surface area (TPSA) is 3.24 Å². The van der Waals surface area contributed by atoms with Gasteiger partial charge in [-0.3, -0.25) is 3.11 Å². The highest BCUT2D eigenvalue weighted by Gasteiger charge is 2.55. The van der Waals surface area contributed by atoms with Crippen molar-refractivity contribution in [3.05, 3.63) is 77.4 Å². The van der Waals surface area contributed by atoms with E-state index >= 15 is 0 Å². The minimum absolute atomic E-state index is 0.291. The van der Waals surface area contributed by atoms with Crippen LogP contribution in [0.1, 0.15) is 24.0 Å². The molecule has 1 heterocycles. The van der Waals surface area contributed by atoms with Crippen molar-refractivity contribution in [1.29, 1.82) is 0 Å². The fourth-order valence-corrected chi connectivity index (χ4v) is 6.59. The normalized spacial score (nSPS) is 23.6. The van der Waals surface area contributed by atoms with E-state index in [0.717, 1.165) is 27.4 Å². The summed E-state index contributed by atoms with van der Waals surface area (Å²) in [7, 11) is 0. The first-order valence-corrected chi connectivity index (χ1v) is 10.3. The molecule has 6 heteroatoms. The number of hydrogen-bond donors (Lipinski definition) is 0. The predicted molar refractivity (Wildman–Crippen MR) is 114 cm³/mol. The molecule has 27 heavy (non-hydrogen) atoms. The fraction of sp³-hybridized carbons (Fsp3) is 0.238. The number of allylic oxidation sites excluding steroid dienone is 3. The molecule has 0 spiro atoms. The molecule has 2 aromatic carbocycles. The van der Waals surface area contributed by atoms with Crippen LogP contribution >= 0.6 is 34.6 Å². The third kappa shape index (κ3) is 3.01. The van der Waals surface area contributed by atoms with Crippen LogP contribution in [0.3, 0.4) is 0 Å². The summed E-state index contributed by atoms with van der Waals surface area (Å²) in [6.45, 7) is 3.74. The van der Waals surface area contributed by atoms with Gasteiger partial charge >= 0.3 is 6.18 Å². The highest BCUT2D eigenvalue weighted by molar-refractivity contribution is 14.1. The summed E-state index contributed by atoms with van der Waals surface area (Å²) in [4.78, 5) is 0.921. The number of fused-ring (bicyclic) bond motifs is 3. The highest BCUT2D eigenvalue weighted by atomic mass is 127. The Morgan fingerprint density at radius 1 is 1.07 bits per heavy atom. The minimum atomic E-state index is -4.34. The maximum atomic E-state index is 13.7. The Bertz CT molecular complexity index is 966. The van der Waals surface area contributed by atoms with Crippen LogP contribution in [0.5, 0.6) is 0 Å². The lowest BCUT2D eigenvalue weighted by Gasteiger charge is -2.35. The number of halogens is 4. The van der Waals surface area contributed by atoms with Crippen molar-refractivity contribution < 1.29 is 13.2 Å². The molecule has 0 amide bonds. The SMILES string of the molecule is Cc1ccccc1N(I)c1cccc2c1SC1(C)C(C(F)(F)F)=CC=CC21. The van der Waals surface area contributed by atoms with Gasteiger partial charge in [-0.1, -0.05) is 48.6 Å². The van der Waals surface area contributed by atoms with Crippen LogP contribution in [-0.2, 0) is 0 Å². The van der Waals surface area contributed by atoms with Gasteiger partial charge in [-0.05, 0) is 37.1 Å². The van der Waals surface area contributed by atoms with Gasteiger partial charge in [-0.2, -0.15) is 13.2 Å². The van der Waals surface area contributed by atoms with Gasteiger partial charge in [0.05, 0.1) is 44.6 Å². The van der Waals surface area contributed by atoms with Gasteiger partial charge in [0.1, 0.15) is 0 Å². The van der Waals surface area contributed by atoms with Crippen molar-refractivity contribution in [1.82, 2.24) is 0 Å². The summed E-state index contributed by atoms with van der Waals surface area (Å²) >= 11 is 3.56. The Morgan fingerprint density at radius 3 is 2.48 bits per heavy atom. The summed E-state index contributed by atoms with van der Waals surface area (Å²) < 4.78 is 42.1. The van der Waals surface area contributed by atoms with Gasteiger partial charge in [-0.25, -0.2) is 0 Å². The standard InChI is InChI=1S/C21H17F3INS/c1-13-7-3-4-10-16(13)26(25)17-11-5-8-14-15-9-6-12-18(21(22,23)24)20(15,2)27-19(14)17/h3-12,15H,1-2H3. The van der Waals surface area contributed by atoms with E-state index in [2.05, 4.69) is 22.9 Å². The number of alkyl halides is 3. The fourth-order valence-electron chi connectivity index (χ4n) is 3.85. The molecule has 0 saturated heterocycles. The van der Waals surface area contributed by atoms with Gasteiger partial charge in [0.2, 0.25) is 0 Å². The predicted octanol–water partition coefficient (Wildman–Crippen LogP) is 7.49. The molecule has 2 aliphatic rings. The number of benzene rings is 2. The van der Waals surface area contributed by atoms with E-state index in [1.165, 1.54) is 17.8 Å². The van der Waals surface area contributed by atoms with E-state index in [-0.39, 0.29) is 5.92 Å². The monoisotopic (exact) mass is 499 g/mol. The van der Waals surface area contributed by atoms with Gasteiger partial charge in [0.25, 0.3) is 0 Å². The van der Waals surface area contributed by atoms with Crippen LogP contribution < -0.4 is 3.11 Å². The smallest absolute Gasteiger partial charge is 0.282 e. The molecule has 4 rings (SSSR count). The Labute approximate surface area is 174 Å². The molecule has 2 atom stereocenters. The van der Waals surface area contributed by atoms with Gasteiger partial charge in [-0.15, -0.1) is 11.8 Å². The minimum Gasteiger partial charge on any atom is -0.282 e. The third-order valence-electron chi connectivity index (χ3n) is 5.21. The largest absolute Gasteiger partial charge is 0.414 e. The van der Waals surface area contributed by atoms with Crippen molar-refractivity contribution in [2.45, 2.75) is 35.6 Å². The lowest BCUT2D eigenvalue weighted by Crippen LogP contribution is -2.36. The molecular weight excluding hydrogens is 482 g/mol. The number of aryl methyl sites for hydroxylation is 1. The third-order valence-corrected chi connectivity index (χ3v) is 7.80. The van der Waals surface area contributed by atoms with Crippen molar-refractivity contribution >= 4 is 46.0 Å². The number of hydrogen-bond acceptors (Lipinski definition) is 2. The first kappa shape index (κ1) is 18.9. The molecule has 0 N–H and O–H groups in total. The second-order valence-electron chi connectivity index (χ2n) is 6.91. The summed E-state index contributed by atoms with van der Waals surface area (Å²) in [6, 6.07) is 13.9. The van der Waals surface area contributed by atoms with Crippen LogP contribution in [0.25, 0.3) is 0 Å². The quantitative estimate of drug-likeness (QED) is 0.311. The van der Waals surface area contributed by atoms with Crippen LogP contribution in [0.4, 0.5) is 24.5 Å². The van der Waals surface area contributed by atoms with Gasteiger partial charge in [0.15, 0.2) is 0 Å². The van der Waals surface area contributed by atoms with Crippen molar-refractivity contribution in [3.63, 3.8) is 0 Å². The molecule has 0 radical (unpaired) electrons. The molecule has 0 bridgehead atoms. The van der Waals surface area contributed by atoms with E-state index in [0.29, 0.717) is 0 Å². The second kappa shape index (κ2) is 6.58. The molecule has 2 unspecified atom stereocenters. The van der Waals surface area contributed by atoms with Crippen LogP contribution in [0.15, 0.2) is 71.2 Å². The van der Waals surface area contributed by atoms with Crippen LogP contribution in [0, 0.1) is 6.92 Å². The van der Waals surface area contributed by atoms with Gasteiger partial charge < -0.3 is 0 Å². The molecule has 2 aromatic rings. The molecule has 0 saturated carbocycles. The van der Waals surface area contributed by atoms with Crippen LogP contribution in [-0.4, -0.2) is 10.9 Å². The molecule has 0 fully saturated rings. The number of nitrogens with zero attached hydrogens (tertiary/aromatic N) is 1. The van der Waals surface area contributed by atoms with Crippen LogP contribution in [0.2, 0.25) is 0 Å². The summed E-state index contributed by atoms with van der Waals surface area (Å²) in [5, 5.41) is 0. The summed E-state index contributed by atoms with van der Waals surface area (Å²) in [6.07, 6.45) is 0.315. The average molecular weight is 499 g/mol. The molecule has 0 aromatic heterocycles. The Morgan fingerprint density at radius 2 is 1.78 bits per heavy atom. The van der Waals surface area contributed by atoms with Crippen molar-refractivity contribution in [2.75, 3.05) is 3.11 Å². The summed E-state index contributed by atoms with van der Waals surface area (Å²) in [5.74, 6) is -0.291. The zero-order valence-corrected chi connectivity index (χ0v) is 17.7. The molecule has 1 nitrogen and oxygen atoms in total. The maximum absolute atomic E-state index is 13.7. The molecular formula is C21H17F3INS. The first-order valence-electron chi connectivity index (χ1n) is 8.53. The average Bonchev–Trinajstić information content (AvgIpc) is 2.92. The lowest BCUT2D eigenvalue weighted by molar-refractivity contribution is -0.0969. The maximum Gasteiger partial charge on any atom is 0.414 e. The number of para-hydroxylation sites is 1. The zero-order chi connectivity index (χ0) is 19.4. The van der Waals surface area contributed by atoms with Crippen molar-refractivity contribution in [2.24, 2.45) is 0 Å². The molecule has 1 aliphatic carbocycles. The highest BCUT2D eigenvalue weighted by Crippen LogP contribution is 2.63. The van der Waals surface area contributed by atoms with E-state index in [9.17, 15) is 13.2 Å². The van der Waals surface area contributed by atoms with E-state index < -0.39 is 16.5 Å². The lowest BCUT2D eigenvalue weighted by atomic mass is 9.78. The Hall–Kier alpha value is -1.41. The molecule has 140 valence electrons. The Balaban J connectivity index is 1.82. The summed E-state index contributed by atoms with van der Waals surface area (Å²) in [5.41, 5.74) is 3.58. The van der Waals surface area contributed by atoms with Crippen molar-refractivity contribution in [3.8, 4) is 0 Å². The molecule has 1 aliphatic heterocycles. The van der Waals surface area contributed by atoms with E-state index in [4.69, 9.17) is 0 Å².